The van der Waals surface area contributed by atoms with Crippen molar-refractivity contribution >= 4 is 29.8 Å². The van der Waals surface area contributed by atoms with Crippen molar-refractivity contribution in [3.05, 3.63) is 59.2 Å². The molecule has 2 aromatic rings. The van der Waals surface area contributed by atoms with E-state index in [4.69, 9.17) is 41.9 Å². The van der Waals surface area contributed by atoms with Crippen LogP contribution in [-0.4, -0.2) is 115 Å². The number of aliphatic imine (C=N–C) groups is 2. The van der Waals surface area contributed by atoms with E-state index in [-0.39, 0.29) is 29.5 Å². The molecule has 2 aromatic carbocycles. The fourth-order valence-corrected chi connectivity index (χ4v) is 5.84. The lowest BCUT2D eigenvalue weighted by atomic mass is 9.89. The number of rotatable bonds is 18. The van der Waals surface area contributed by atoms with Crippen LogP contribution in [0.4, 0.5) is 0 Å². The second kappa shape index (κ2) is 19.6. The number of hydrogen-bond donors (Lipinski definition) is 10. The predicted molar refractivity (Wildman–Crippen MR) is 195 cm³/mol. The van der Waals surface area contributed by atoms with E-state index >= 15 is 0 Å². The van der Waals surface area contributed by atoms with Crippen molar-refractivity contribution in [1.82, 2.24) is 10.6 Å². The molecular formula is C35H50N8O10. The van der Waals surface area contributed by atoms with E-state index in [9.17, 15) is 30.0 Å². The van der Waals surface area contributed by atoms with Gasteiger partial charge in [-0.15, -0.1) is 0 Å². The number of ether oxygens (including phenoxy) is 4. The monoisotopic (exact) mass is 742 g/mol. The molecule has 4 rings (SSSR count). The summed E-state index contributed by atoms with van der Waals surface area (Å²) in [6.07, 6.45) is -2.34. The highest BCUT2D eigenvalue weighted by Gasteiger charge is 2.45. The van der Waals surface area contributed by atoms with Gasteiger partial charge >= 0.3 is 0 Å². The van der Waals surface area contributed by atoms with Gasteiger partial charge in [-0.2, -0.15) is 0 Å². The number of aliphatic hydroxyl groups excluding tert-OH is 4. The van der Waals surface area contributed by atoms with Crippen molar-refractivity contribution in [3.8, 4) is 17.2 Å². The zero-order valence-electron chi connectivity index (χ0n) is 29.5. The van der Waals surface area contributed by atoms with Crippen LogP contribution in [0.3, 0.4) is 0 Å². The molecule has 0 unspecified atom stereocenters. The average Bonchev–Trinajstić information content (AvgIpc) is 3.53. The Balaban J connectivity index is 1.53. The van der Waals surface area contributed by atoms with Crippen molar-refractivity contribution in [2.75, 3.05) is 39.9 Å². The van der Waals surface area contributed by atoms with Crippen LogP contribution in [0.1, 0.15) is 54.4 Å². The minimum atomic E-state index is -1.60. The number of amides is 2. The molecule has 290 valence electrons. The van der Waals surface area contributed by atoms with Gasteiger partial charge in [0.15, 0.2) is 23.4 Å². The number of carbonyl (C=O) groups excluding carboxylic acids is 2. The highest BCUT2D eigenvalue weighted by atomic mass is 16.7. The molecule has 53 heavy (non-hydrogen) atoms. The summed E-state index contributed by atoms with van der Waals surface area (Å²) < 4.78 is 23.3. The number of carbonyl (C=O) groups is 2. The third kappa shape index (κ3) is 11.2. The lowest BCUT2D eigenvalue weighted by Crippen LogP contribution is -2.60. The van der Waals surface area contributed by atoms with Crippen LogP contribution < -0.4 is 47.8 Å². The predicted octanol–water partition coefficient (Wildman–Crippen LogP) is -1.56. The number of nitrogens with one attached hydrogen (secondary N) is 2. The van der Waals surface area contributed by atoms with Gasteiger partial charge in [0, 0.05) is 37.8 Å². The smallest absolute Gasteiger partial charge is 0.243 e. The van der Waals surface area contributed by atoms with Gasteiger partial charge in [0.2, 0.25) is 18.1 Å². The molecule has 18 nitrogen and oxygen atoms in total. The average molecular weight is 743 g/mol. The van der Waals surface area contributed by atoms with Gasteiger partial charge in [0.25, 0.3) is 0 Å². The summed E-state index contributed by atoms with van der Waals surface area (Å²) in [6, 6.07) is 9.99. The van der Waals surface area contributed by atoms with E-state index in [0.717, 1.165) is 0 Å². The third-order valence-electron chi connectivity index (χ3n) is 8.58. The van der Waals surface area contributed by atoms with Crippen molar-refractivity contribution in [2.45, 2.75) is 68.4 Å². The van der Waals surface area contributed by atoms with Gasteiger partial charge in [-0.05, 0) is 67.2 Å². The molecular weight excluding hydrogens is 692 g/mol. The van der Waals surface area contributed by atoms with Crippen LogP contribution in [0.2, 0.25) is 0 Å². The quantitative estimate of drug-likeness (QED) is 0.0358. The number of guanidine groups is 2. The van der Waals surface area contributed by atoms with Crippen LogP contribution in [0.15, 0.2) is 52.5 Å². The first-order valence-electron chi connectivity index (χ1n) is 17.2. The Bertz CT molecular complexity index is 1610. The highest BCUT2D eigenvalue weighted by Crippen LogP contribution is 2.51. The van der Waals surface area contributed by atoms with E-state index < -0.39 is 49.3 Å². The summed E-state index contributed by atoms with van der Waals surface area (Å²) in [5.41, 5.74) is 23.2. The lowest BCUT2D eigenvalue weighted by molar-refractivity contribution is -0.277. The second-order valence-corrected chi connectivity index (χ2v) is 12.5. The molecule has 2 aliphatic heterocycles. The lowest BCUT2D eigenvalue weighted by Gasteiger charge is -2.39. The molecule has 7 atom stereocenters. The molecule has 1 saturated heterocycles. The van der Waals surface area contributed by atoms with E-state index in [0.29, 0.717) is 80.1 Å². The molecule has 2 amide bonds. The van der Waals surface area contributed by atoms with Crippen LogP contribution in [0, 0.1) is 0 Å². The fraction of sp³-hybridized carbons (Fsp3) is 0.486. The molecule has 0 bridgehead atoms. The minimum Gasteiger partial charge on any atom is -0.493 e. The number of aliphatic hydroxyl groups is 4. The number of benzene rings is 2. The van der Waals surface area contributed by atoms with Gasteiger partial charge in [-0.1, -0.05) is 12.1 Å². The maximum Gasteiger partial charge on any atom is 0.243 e. The highest BCUT2D eigenvalue weighted by molar-refractivity contribution is 5.92. The van der Waals surface area contributed by atoms with Gasteiger partial charge < -0.3 is 72.9 Å². The standard InChI is InChI=1S/C35H50N8O10/c1-50-23-17-19(6-11-25(45)40-12-2-4-14-42-34(36)37)16-22-26(32(49)41-13-3-5-15-43-35(38)39)30(53-31(22)23)20-7-9-21(10-8-20)51-33-29(48)28(47)27(46)24(18-44)52-33/h6-11,16-17,24,26-30,33,44,46-48H,2-5,12-15,18H2,1H3,(H,40,45)(H,41,49)(H4,36,37,42)(H4,38,39,43)/b11-6+/t24-,26+,27-,28+,29-,30+,33-/m1/s1. The summed E-state index contributed by atoms with van der Waals surface area (Å²) in [7, 11) is 1.48. The summed E-state index contributed by atoms with van der Waals surface area (Å²) in [6.45, 7) is 1.09. The first kappa shape index (κ1) is 40.6. The number of unbranched alkanes of at least 4 members (excludes halogenated alkanes) is 2. The Kier molecular flexibility index (Phi) is 15.0. The Labute approximate surface area is 306 Å². The molecule has 0 saturated carbocycles. The van der Waals surface area contributed by atoms with Gasteiger partial charge in [0.1, 0.15) is 42.2 Å². The number of methoxy groups -OCH3 is 1. The summed E-state index contributed by atoms with van der Waals surface area (Å²) in [4.78, 5) is 34.3. The Morgan fingerprint density at radius 3 is 2.13 bits per heavy atom. The minimum absolute atomic E-state index is 0.00278. The zero-order chi connectivity index (χ0) is 38.5. The van der Waals surface area contributed by atoms with Gasteiger partial charge in [-0.25, -0.2) is 0 Å². The van der Waals surface area contributed by atoms with E-state index in [1.807, 2.05) is 0 Å². The van der Waals surface area contributed by atoms with Crippen molar-refractivity contribution in [3.63, 3.8) is 0 Å². The van der Waals surface area contributed by atoms with E-state index in [1.54, 1.807) is 42.5 Å². The maximum absolute atomic E-state index is 13.9. The van der Waals surface area contributed by atoms with Crippen LogP contribution in [-0.2, 0) is 14.3 Å². The van der Waals surface area contributed by atoms with Crippen LogP contribution in [0.25, 0.3) is 6.08 Å². The normalized spacial score (nSPS) is 23.4. The molecule has 0 radical (unpaired) electrons. The maximum atomic E-state index is 13.9. The third-order valence-corrected chi connectivity index (χ3v) is 8.58. The molecule has 2 aliphatic rings. The van der Waals surface area contributed by atoms with Crippen molar-refractivity contribution in [2.24, 2.45) is 32.9 Å². The second-order valence-electron chi connectivity index (χ2n) is 12.5. The summed E-state index contributed by atoms with van der Waals surface area (Å²) in [5.74, 6) is -0.446. The molecule has 1 fully saturated rings. The Morgan fingerprint density at radius 2 is 1.53 bits per heavy atom. The molecule has 2 heterocycles. The van der Waals surface area contributed by atoms with Crippen molar-refractivity contribution < 1.29 is 49.0 Å². The molecule has 18 heteroatoms. The largest absolute Gasteiger partial charge is 0.493 e. The fourth-order valence-electron chi connectivity index (χ4n) is 5.84. The molecule has 0 aliphatic carbocycles. The number of fused-ring (bicyclic) bond motifs is 1. The SMILES string of the molecule is COc1cc(/C=C/C(=O)NCCCCN=C(N)N)cc2c1O[C@@H](c1ccc(O[C@@H]3O[C@H](CO)[C@@H](O)[C@H](O)[C@H]3O)cc1)[C@H]2C(=O)NCCCCN=C(N)N. The molecule has 0 spiro atoms. The van der Waals surface area contributed by atoms with E-state index in [2.05, 4.69) is 20.6 Å². The van der Waals surface area contributed by atoms with Crippen LogP contribution in [0.5, 0.6) is 17.2 Å². The van der Waals surface area contributed by atoms with Gasteiger partial charge in [0.05, 0.1) is 13.7 Å². The Morgan fingerprint density at radius 1 is 0.887 bits per heavy atom. The first-order valence-corrected chi connectivity index (χ1v) is 17.2. The Hall–Kier alpha value is -5.14. The summed E-state index contributed by atoms with van der Waals surface area (Å²) >= 11 is 0. The number of nitrogens with two attached hydrogens (primary N) is 4. The summed E-state index contributed by atoms with van der Waals surface area (Å²) in [5, 5.41) is 45.9. The molecule has 0 aromatic heterocycles. The zero-order valence-corrected chi connectivity index (χ0v) is 29.5. The molecule has 14 N–H and O–H groups in total. The number of nitrogens with zero attached hydrogens (tertiary/aromatic N) is 2. The first-order chi connectivity index (χ1) is 25.4. The van der Waals surface area contributed by atoms with Crippen molar-refractivity contribution in [1.29, 1.82) is 0 Å². The number of hydrogen-bond acceptors (Lipinski definition) is 12. The van der Waals surface area contributed by atoms with Gasteiger partial charge in [-0.3, -0.25) is 19.6 Å². The van der Waals surface area contributed by atoms with Crippen LogP contribution >= 0.6 is 0 Å². The topological polar surface area (TPSA) is 305 Å². The van der Waals surface area contributed by atoms with E-state index in [1.165, 1.54) is 13.2 Å².